The van der Waals surface area contributed by atoms with Gasteiger partial charge >= 0.3 is 0 Å². The zero-order chi connectivity index (χ0) is 11.5. The molecule has 3 nitrogen and oxygen atoms in total. The molecular weight excluding hydrogens is 202 g/mol. The normalized spacial score (nSPS) is 16.7. The smallest absolute Gasteiger partial charge is 0.230 e. The summed E-state index contributed by atoms with van der Waals surface area (Å²) >= 11 is 0. The zero-order valence-electron chi connectivity index (χ0n) is 9.40. The van der Waals surface area contributed by atoms with Gasteiger partial charge in [0, 0.05) is 19.5 Å². The maximum atomic E-state index is 11.6. The van der Waals surface area contributed by atoms with Crippen LogP contribution in [0.5, 0.6) is 0 Å². The van der Waals surface area contributed by atoms with Crippen LogP contribution in [0.1, 0.15) is 24.0 Å². The van der Waals surface area contributed by atoms with Crippen LogP contribution in [0.25, 0.3) is 0 Å². The fourth-order valence-electron chi connectivity index (χ4n) is 1.95. The monoisotopic (exact) mass is 217 g/mol. The van der Waals surface area contributed by atoms with Gasteiger partial charge in [-0.1, -0.05) is 29.8 Å². The van der Waals surface area contributed by atoms with Gasteiger partial charge < -0.3 is 4.90 Å². The number of benzene rings is 1. The third-order valence-electron chi connectivity index (χ3n) is 2.82. The number of likely N-dealkylation sites (tertiary alicyclic amines) is 1. The summed E-state index contributed by atoms with van der Waals surface area (Å²) in [7, 11) is 0. The second kappa shape index (κ2) is 4.47. The minimum atomic E-state index is -0.0437. The van der Waals surface area contributed by atoms with Crippen molar-refractivity contribution in [1.29, 1.82) is 0 Å². The van der Waals surface area contributed by atoms with Crippen LogP contribution in [0, 0.1) is 6.92 Å². The first kappa shape index (κ1) is 10.9. The molecule has 1 aliphatic rings. The number of aryl methyl sites for hydroxylation is 1. The van der Waals surface area contributed by atoms with E-state index in [1.54, 1.807) is 4.90 Å². The molecule has 1 fully saturated rings. The molecule has 1 saturated heterocycles. The molecule has 3 heteroatoms. The van der Waals surface area contributed by atoms with E-state index in [1.807, 2.05) is 25.1 Å². The molecule has 0 aliphatic carbocycles. The van der Waals surface area contributed by atoms with Crippen molar-refractivity contribution in [3.63, 3.8) is 0 Å². The number of amides is 1. The van der Waals surface area contributed by atoms with Crippen LogP contribution >= 0.6 is 0 Å². The standard InChI is InChI=1S/C13H15NO2/c1-10-3-2-4-11(7-10)9-14-6-5-12(15)8-13(14)16/h2-4,7H,5-6,8-9H2,1H3. The van der Waals surface area contributed by atoms with Gasteiger partial charge in [-0.3, -0.25) is 9.59 Å². The molecule has 0 spiro atoms. The number of carbonyl (C=O) groups excluding carboxylic acids is 2. The van der Waals surface area contributed by atoms with Crippen LogP contribution in [0.4, 0.5) is 0 Å². The zero-order valence-corrected chi connectivity index (χ0v) is 9.40. The Balaban J connectivity index is 2.05. The Morgan fingerprint density at radius 2 is 2.12 bits per heavy atom. The van der Waals surface area contributed by atoms with E-state index in [0.717, 1.165) is 5.56 Å². The van der Waals surface area contributed by atoms with Crippen molar-refractivity contribution in [2.45, 2.75) is 26.3 Å². The molecule has 1 aromatic rings. The van der Waals surface area contributed by atoms with E-state index >= 15 is 0 Å². The summed E-state index contributed by atoms with van der Waals surface area (Å²) in [5.74, 6) is 0.0169. The van der Waals surface area contributed by atoms with Crippen LogP contribution in [-0.4, -0.2) is 23.1 Å². The summed E-state index contributed by atoms with van der Waals surface area (Å²) in [6.45, 7) is 3.21. The Labute approximate surface area is 95.1 Å². The molecule has 0 aromatic heterocycles. The third-order valence-corrected chi connectivity index (χ3v) is 2.82. The molecule has 1 amide bonds. The molecule has 0 saturated carbocycles. The van der Waals surface area contributed by atoms with Gasteiger partial charge in [-0.15, -0.1) is 0 Å². The molecule has 0 radical (unpaired) electrons. The molecule has 16 heavy (non-hydrogen) atoms. The van der Waals surface area contributed by atoms with Crippen LogP contribution in [0.3, 0.4) is 0 Å². The molecule has 0 unspecified atom stereocenters. The number of ketones is 1. The maximum Gasteiger partial charge on any atom is 0.230 e. The third kappa shape index (κ3) is 2.48. The van der Waals surface area contributed by atoms with Gasteiger partial charge in [0.1, 0.15) is 5.78 Å². The summed E-state index contributed by atoms with van der Waals surface area (Å²) in [4.78, 5) is 24.4. The van der Waals surface area contributed by atoms with Crippen molar-refractivity contribution < 1.29 is 9.59 Å². The molecule has 1 aliphatic heterocycles. The first-order chi connectivity index (χ1) is 7.65. The number of hydrogen-bond acceptors (Lipinski definition) is 2. The van der Waals surface area contributed by atoms with Gasteiger partial charge in [-0.25, -0.2) is 0 Å². The molecule has 0 bridgehead atoms. The number of Topliss-reactive ketones (excluding diaryl/α,β-unsaturated/α-hetero) is 1. The second-order valence-electron chi connectivity index (χ2n) is 4.27. The van der Waals surface area contributed by atoms with Gasteiger partial charge in [-0.05, 0) is 12.5 Å². The highest BCUT2D eigenvalue weighted by Gasteiger charge is 2.23. The van der Waals surface area contributed by atoms with Crippen molar-refractivity contribution in [1.82, 2.24) is 4.90 Å². The first-order valence-corrected chi connectivity index (χ1v) is 5.50. The molecule has 84 valence electrons. The van der Waals surface area contributed by atoms with Crippen molar-refractivity contribution >= 4 is 11.7 Å². The average Bonchev–Trinajstić information content (AvgIpc) is 2.22. The molecule has 0 atom stereocenters. The Hall–Kier alpha value is -1.64. The lowest BCUT2D eigenvalue weighted by Gasteiger charge is -2.26. The van der Waals surface area contributed by atoms with E-state index in [-0.39, 0.29) is 18.1 Å². The molecule has 1 aromatic carbocycles. The van der Waals surface area contributed by atoms with Crippen molar-refractivity contribution in [3.8, 4) is 0 Å². The Morgan fingerprint density at radius 3 is 2.81 bits per heavy atom. The van der Waals surface area contributed by atoms with Crippen molar-refractivity contribution in [2.75, 3.05) is 6.54 Å². The Bertz CT molecular complexity index is 426. The van der Waals surface area contributed by atoms with Gasteiger partial charge in [0.05, 0.1) is 6.42 Å². The molecular formula is C13H15NO2. The number of rotatable bonds is 2. The number of piperidine rings is 1. The fourth-order valence-corrected chi connectivity index (χ4v) is 1.95. The minimum Gasteiger partial charge on any atom is -0.338 e. The largest absolute Gasteiger partial charge is 0.338 e. The lowest BCUT2D eigenvalue weighted by atomic mass is 10.1. The summed E-state index contributed by atoms with van der Waals surface area (Å²) in [6, 6.07) is 8.11. The van der Waals surface area contributed by atoms with Gasteiger partial charge in [0.2, 0.25) is 5.91 Å². The van der Waals surface area contributed by atoms with Gasteiger partial charge in [0.15, 0.2) is 0 Å². The van der Waals surface area contributed by atoms with Crippen LogP contribution in [-0.2, 0) is 16.1 Å². The lowest BCUT2D eigenvalue weighted by molar-refractivity contribution is -0.139. The molecule has 1 heterocycles. The highest BCUT2D eigenvalue weighted by Crippen LogP contribution is 2.13. The van der Waals surface area contributed by atoms with E-state index in [2.05, 4.69) is 6.07 Å². The Morgan fingerprint density at radius 1 is 1.31 bits per heavy atom. The topological polar surface area (TPSA) is 37.4 Å². The van der Waals surface area contributed by atoms with Crippen molar-refractivity contribution in [2.24, 2.45) is 0 Å². The van der Waals surface area contributed by atoms with E-state index in [0.29, 0.717) is 19.5 Å². The summed E-state index contributed by atoms with van der Waals surface area (Å²) in [5, 5.41) is 0. The second-order valence-corrected chi connectivity index (χ2v) is 4.27. The highest BCUT2D eigenvalue weighted by molar-refractivity contribution is 6.00. The predicted octanol–water partition coefficient (Wildman–Crippen LogP) is 1.69. The Kier molecular flexibility index (Phi) is 3.04. The lowest BCUT2D eigenvalue weighted by Crippen LogP contribution is -2.38. The van der Waals surface area contributed by atoms with E-state index in [4.69, 9.17) is 0 Å². The van der Waals surface area contributed by atoms with E-state index in [1.165, 1.54) is 5.56 Å². The first-order valence-electron chi connectivity index (χ1n) is 5.50. The summed E-state index contributed by atoms with van der Waals surface area (Å²) in [5.41, 5.74) is 2.32. The highest BCUT2D eigenvalue weighted by atomic mass is 16.2. The van der Waals surface area contributed by atoms with Crippen molar-refractivity contribution in [3.05, 3.63) is 35.4 Å². The van der Waals surface area contributed by atoms with Crippen LogP contribution in [0.2, 0.25) is 0 Å². The molecule has 2 rings (SSSR count). The average molecular weight is 217 g/mol. The van der Waals surface area contributed by atoms with E-state index in [9.17, 15) is 9.59 Å². The van der Waals surface area contributed by atoms with Gasteiger partial charge in [-0.2, -0.15) is 0 Å². The number of carbonyl (C=O) groups is 2. The van der Waals surface area contributed by atoms with Crippen LogP contribution in [0.15, 0.2) is 24.3 Å². The maximum absolute atomic E-state index is 11.6. The number of hydrogen-bond donors (Lipinski definition) is 0. The summed E-state index contributed by atoms with van der Waals surface area (Å²) in [6.07, 6.45) is 0.573. The fraction of sp³-hybridized carbons (Fsp3) is 0.385. The molecule has 0 N–H and O–H groups in total. The van der Waals surface area contributed by atoms with Gasteiger partial charge in [0.25, 0.3) is 0 Å². The van der Waals surface area contributed by atoms with Crippen LogP contribution < -0.4 is 0 Å². The predicted molar refractivity (Wildman–Crippen MR) is 60.8 cm³/mol. The van der Waals surface area contributed by atoms with E-state index < -0.39 is 0 Å². The summed E-state index contributed by atoms with van der Waals surface area (Å²) < 4.78 is 0. The SMILES string of the molecule is Cc1cccc(CN2CCC(=O)CC2=O)c1. The quantitative estimate of drug-likeness (QED) is 0.707. The number of nitrogens with zero attached hydrogens (tertiary/aromatic N) is 1. The minimum absolute atomic E-state index is 0.0437.